The van der Waals surface area contributed by atoms with E-state index in [2.05, 4.69) is 5.32 Å². The number of nitrogens with two attached hydrogens (primary N) is 1. The van der Waals surface area contributed by atoms with E-state index in [0.717, 1.165) is 25.7 Å². The molecule has 1 heterocycles. The Labute approximate surface area is 135 Å². The molecule has 1 spiro atoms. The Kier molecular flexibility index (Phi) is 4.41. The summed E-state index contributed by atoms with van der Waals surface area (Å²) in [5, 5.41) is 8.02. The van der Waals surface area contributed by atoms with Crippen molar-refractivity contribution in [1.29, 1.82) is 0 Å². The number of ether oxygens (including phenoxy) is 2. The third kappa shape index (κ3) is 3.72. The van der Waals surface area contributed by atoms with Gasteiger partial charge >= 0.3 is 0 Å². The predicted molar refractivity (Wildman–Crippen MR) is 82.2 cm³/mol. The number of primary sulfonamides is 1. The summed E-state index contributed by atoms with van der Waals surface area (Å²) in [6.07, 6.45) is 3.02. The van der Waals surface area contributed by atoms with Crippen LogP contribution in [0.1, 0.15) is 36.0 Å². The van der Waals surface area contributed by atoms with Crippen LogP contribution in [0.2, 0.25) is 0 Å². The number of carbonyl (C=O) groups is 1. The zero-order chi connectivity index (χ0) is 16.5. The minimum absolute atomic E-state index is 0.0269. The van der Waals surface area contributed by atoms with Gasteiger partial charge in [-0.1, -0.05) is 6.07 Å². The van der Waals surface area contributed by atoms with Crippen molar-refractivity contribution in [3.63, 3.8) is 0 Å². The lowest BCUT2D eigenvalue weighted by Gasteiger charge is -2.35. The Morgan fingerprint density at radius 1 is 1.22 bits per heavy atom. The summed E-state index contributed by atoms with van der Waals surface area (Å²) in [7, 11) is -3.82. The van der Waals surface area contributed by atoms with E-state index in [1.165, 1.54) is 18.2 Å². The maximum Gasteiger partial charge on any atom is 0.251 e. The van der Waals surface area contributed by atoms with Crippen molar-refractivity contribution in [3.8, 4) is 0 Å². The van der Waals surface area contributed by atoms with Crippen molar-refractivity contribution in [2.24, 2.45) is 5.14 Å². The van der Waals surface area contributed by atoms with Gasteiger partial charge in [0.25, 0.3) is 5.91 Å². The summed E-state index contributed by atoms with van der Waals surface area (Å²) >= 11 is 0. The molecule has 0 radical (unpaired) electrons. The molecule has 1 amide bonds. The fraction of sp³-hybridized carbons (Fsp3) is 0.533. The fourth-order valence-electron chi connectivity index (χ4n) is 3.07. The monoisotopic (exact) mass is 340 g/mol. The van der Waals surface area contributed by atoms with Crippen molar-refractivity contribution >= 4 is 15.9 Å². The van der Waals surface area contributed by atoms with Crippen molar-refractivity contribution in [3.05, 3.63) is 29.8 Å². The highest BCUT2D eigenvalue weighted by Crippen LogP contribution is 2.35. The third-order valence-corrected chi connectivity index (χ3v) is 5.23. The Balaban J connectivity index is 1.62. The van der Waals surface area contributed by atoms with Crippen LogP contribution in [0.3, 0.4) is 0 Å². The zero-order valence-electron chi connectivity index (χ0n) is 12.7. The second-order valence-electron chi connectivity index (χ2n) is 5.93. The molecule has 1 saturated carbocycles. The molecule has 126 valence electrons. The molecule has 1 aliphatic heterocycles. The maximum atomic E-state index is 12.3. The van der Waals surface area contributed by atoms with Crippen LogP contribution >= 0.6 is 0 Å². The van der Waals surface area contributed by atoms with Crippen LogP contribution in [0.4, 0.5) is 0 Å². The van der Waals surface area contributed by atoms with E-state index >= 15 is 0 Å². The molecule has 7 nitrogen and oxygen atoms in total. The average Bonchev–Trinajstić information content (AvgIpc) is 2.97. The first-order valence-corrected chi connectivity index (χ1v) is 9.14. The molecule has 2 aliphatic rings. The van der Waals surface area contributed by atoms with Gasteiger partial charge in [0, 0.05) is 24.4 Å². The van der Waals surface area contributed by atoms with E-state index in [-0.39, 0.29) is 22.4 Å². The molecule has 0 bridgehead atoms. The lowest BCUT2D eigenvalue weighted by Crippen LogP contribution is -2.44. The average molecular weight is 340 g/mol. The van der Waals surface area contributed by atoms with Gasteiger partial charge in [-0.15, -0.1) is 0 Å². The Morgan fingerprint density at radius 3 is 2.48 bits per heavy atom. The molecule has 0 unspecified atom stereocenters. The molecule has 1 aliphatic carbocycles. The van der Waals surface area contributed by atoms with E-state index in [1.54, 1.807) is 6.07 Å². The lowest BCUT2D eigenvalue weighted by molar-refractivity contribution is -0.179. The summed E-state index contributed by atoms with van der Waals surface area (Å²) in [5.41, 5.74) is 0.283. The highest BCUT2D eigenvalue weighted by Gasteiger charge is 2.40. The van der Waals surface area contributed by atoms with Crippen LogP contribution in [-0.2, 0) is 19.5 Å². The van der Waals surface area contributed by atoms with Crippen molar-refractivity contribution in [2.45, 2.75) is 42.4 Å². The SMILES string of the molecule is NS(=O)(=O)c1cccc(C(=O)NC2CCC3(CC2)OCCO3)c1. The number of amides is 1. The molecular weight excluding hydrogens is 320 g/mol. The minimum atomic E-state index is -3.82. The highest BCUT2D eigenvalue weighted by molar-refractivity contribution is 7.89. The zero-order valence-corrected chi connectivity index (χ0v) is 13.5. The summed E-state index contributed by atoms with van der Waals surface area (Å²) < 4.78 is 34.0. The van der Waals surface area contributed by atoms with Gasteiger partial charge in [0.1, 0.15) is 0 Å². The number of carbonyl (C=O) groups excluding carboxylic acids is 1. The summed E-state index contributed by atoms with van der Waals surface area (Å²) in [6, 6.07) is 5.75. The smallest absolute Gasteiger partial charge is 0.251 e. The second kappa shape index (κ2) is 6.20. The summed E-state index contributed by atoms with van der Waals surface area (Å²) in [6.45, 7) is 1.24. The number of hydrogen-bond acceptors (Lipinski definition) is 5. The molecule has 0 atom stereocenters. The lowest BCUT2D eigenvalue weighted by atomic mass is 9.90. The number of nitrogens with one attached hydrogen (secondary N) is 1. The standard InChI is InChI=1S/C15H20N2O5S/c16-23(19,20)13-3-1-2-11(10-13)14(18)17-12-4-6-15(7-5-12)21-8-9-22-15/h1-3,10,12H,4-9H2,(H,17,18)(H2,16,19,20). The number of sulfonamides is 1. The predicted octanol–water partition coefficient (Wildman–Crippen LogP) is 0.749. The van der Waals surface area contributed by atoms with E-state index in [1.807, 2.05) is 0 Å². The van der Waals surface area contributed by atoms with Crippen LogP contribution < -0.4 is 10.5 Å². The molecule has 3 N–H and O–H groups in total. The third-order valence-electron chi connectivity index (χ3n) is 4.32. The van der Waals surface area contributed by atoms with Gasteiger partial charge in [-0.25, -0.2) is 13.6 Å². The van der Waals surface area contributed by atoms with Crippen LogP contribution in [0.5, 0.6) is 0 Å². The first kappa shape index (κ1) is 16.4. The van der Waals surface area contributed by atoms with E-state index in [0.29, 0.717) is 13.2 Å². The molecule has 1 aromatic carbocycles. The molecular formula is C15H20N2O5S. The molecule has 1 aromatic rings. The minimum Gasteiger partial charge on any atom is -0.349 e. The number of benzene rings is 1. The van der Waals surface area contributed by atoms with Gasteiger partial charge in [-0.2, -0.15) is 0 Å². The first-order valence-electron chi connectivity index (χ1n) is 7.60. The molecule has 3 rings (SSSR count). The Hall–Kier alpha value is -1.48. The largest absolute Gasteiger partial charge is 0.349 e. The van der Waals surface area contributed by atoms with Crippen molar-refractivity contribution in [1.82, 2.24) is 5.32 Å². The van der Waals surface area contributed by atoms with Crippen LogP contribution in [0.25, 0.3) is 0 Å². The molecule has 8 heteroatoms. The van der Waals surface area contributed by atoms with Gasteiger partial charge < -0.3 is 14.8 Å². The topological polar surface area (TPSA) is 108 Å². The van der Waals surface area contributed by atoms with Crippen LogP contribution in [-0.4, -0.2) is 39.4 Å². The Bertz CT molecular complexity index is 688. The van der Waals surface area contributed by atoms with Crippen molar-refractivity contribution < 1.29 is 22.7 Å². The van der Waals surface area contributed by atoms with Crippen LogP contribution in [0.15, 0.2) is 29.2 Å². The molecule has 2 fully saturated rings. The van der Waals surface area contributed by atoms with Gasteiger partial charge in [0.2, 0.25) is 10.0 Å². The van der Waals surface area contributed by atoms with E-state index in [4.69, 9.17) is 14.6 Å². The first-order chi connectivity index (χ1) is 10.9. The van der Waals surface area contributed by atoms with E-state index < -0.39 is 15.8 Å². The van der Waals surface area contributed by atoms with Gasteiger partial charge in [-0.05, 0) is 31.0 Å². The van der Waals surface area contributed by atoms with Crippen molar-refractivity contribution in [2.75, 3.05) is 13.2 Å². The quantitative estimate of drug-likeness (QED) is 0.844. The van der Waals surface area contributed by atoms with E-state index in [9.17, 15) is 13.2 Å². The molecule has 1 saturated heterocycles. The summed E-state index contributed by atoms with van der Waals surface area (Å²) in [4.78, 5) is 12.2. The van der Waals surface area contributed by atoms with Gasteiger partial charge in [0.15, 0.2) is 5.79 Å². The molecule has 23 heavy (non-hydrogen) atoms. The van der Waals surface area contributed by atoms with Gasteiger partial charge in [-0.3, -0.25) is 4.79 Å². The van der Waals surface area contributed by atoms with Crippen LogP contribution in [0, 0.1) is 0 Å². The molecule has 0 aromatic heterocycles. The normalized spacial score (nSPS) is 21.4. The maximum absolute atomic E-state index is 12.3. The van der Waals surface area contributed by atoms with Gasteiger partial charge in [0.05, 0.1) is 18.1 Å². The number of rotatable bonds is 3. The second-order valence-corrected chi connectivity index (χ2v) is 7.49. The summed E-state index contributed by atoms with van der Waals surface area (Å²) in [5.74, 6) is -0.765. The Morgan fingerprint density at radius 2 is 1.87 bits per heavy atom. The number of hydrogen-bond donors (Lipinski definition) is 2. The highest BCUT2D eigenvalue weighted by atomic mass is 32.2. The fourth-order valence-corrected chi connectivity index (χ4v) is 3.63.